The van der Waals surface area contributed by atoms with Crippen LogP contribution < -0.4 is 5.32 Å². The van der Waals surface area contributed by atoms with E-state index < -0.39 is 16.9 Å². The van der Waals surface area contributed by atoms with Gasteiger partial charge in [-0.2, -0.15) is 0 Å². The van der Waals surface area contributed by atoms with Gasteiger partial charge in [0.05, 0.1) is 17.6 Å². The molecule has 1 rings (SSSR count). The van der Waals surface area contributed by atoms with Crippen LogP contribution in [0.2, 0.25) is 5.02 Å². The van der Waals surface area contributed by atoms with Crippen molar-refractivity contribution in [2.24, 2.45) is 0 Å². The third-order valence-corrected chi connectivity index (χ3v) is 2.82. The molecule has 0 aliphatic carbocycles. The van der Waals surface area contributed by atoms with Crippen LogP contribution in [0.4, 0.5) is 5.69 Å². The summed E-state index contributed by atoms with van der Waals surface area (Å²) in [6.45, 7) is 0.0741. The average molecular weight is 303 g/mol. The normalized spacial score (nSPS) is 11.9. The molecule has 1 aromatic carbocycles. The number of benzene rings is 1. The minimum atomic E-state index is -0.668. The van der Waals surface area contributed by atoms with Crippen molar-refractivity contribution in [3.8, 4) is 0 Å². The van der Waals surface area contributed by atoms with Gasteiger partial charge in [-0.15, -0.1) is 0 Å². The Hall–Kier alpha value is -1.70. The molecule has 0 fully saturated rings. The van der Waals surface area contributed by atoms with E-state index in [0.29, 0.717) is 6.42 Å². The zero-order valence-corrected chi connectivity index (χ0v) is 11.6. The van der Waals surface area contributed by atoms with Crippen LogP contribution in [-0.2, 0) is 4.74 Å². The Kier molecular flexibility index (Phi) is 6.37. The molecule has 1 aromatic rings. The summed E-state index contributed by atoms with van der Waals surface area (Å²) in [5.41, 5.74) is -0.450. The summed E-state index contributed by atoms with van der Waals surface area (Å²) in [4.78, 5) is 22.3. The number of halogens is 1. The quantitative estimate of drug-likeness (QED) is 0.585. The van der Waals surface area contributed by atoms with E-state index in [9.17, 15) is 14.9 Å². The maximum absolute atomic E-state index is 12.0. The minimum Gasteiger partial charge on any atom is -0.396 e. The molecule has 0 spiro atoms. The minimum absolute atomic E-state index is 0.0848. The van der Waals surface area contributed by atoms with Crippen molar-refractivity contribution < 1.29 is 19.6 Å². The lowest BCUT2D eigenvalue weighted by molar-refractivity contribution is -0.385. The first-order chi connectivity index (χ1) is 9.49. The van der Waals surface area contributed by atoms with E-state index in [1.165, 1.54) is 19.2 Å². The lowest BCUT2D eigenvalue weighted by Crippen LogP contribution is -2.38. The van der Waals surface area contributed by atoms with Gasteiger partial charge in [0.2, 0.25) is 0 Å². The number of nitrogens with one attached hydrogen (secondary N) is 1. The fourth-order valence-electron chi connectivity index (χ4n) is 1.67. The molecule has 110 valence electrons. The summed E-state index contributed by atoms with van der Waals surface area (Å²) in [6, 6.07) is 3.39. The van der Waals surface area contributed by atoms with Gasteiger partial charge >= 0.3 is 0 Å². The number of methoxy groups -OCH3 is 1. The predicted octanol–water partition coefficient (Wildman–Crippen LogP) is 1.38. The van der Waals surface area contributed by atoms with Gasteiger partial charge in [0.25, 0.3) is 11.6 Å². The monoisotopic (exact) mass is 302 g/mol. The number of ether oxygens (including phenoxy) is 1. The van der Waals surface area contributed by atoms with E-state index in [1.54, 1.807) is 0 Å². The number of carbonyl (C=O) groups is 1. The highest BCUT2D eigenvalue weighted by molar-refractivity contribution is 6.31. The standard InChI is InChI=1S/C12H15ClN2O5/c1-20-7-9(4-5-16)14-12(17)10-3-2-8(13)6-11(10)15(18)19/h2-3,6,9,16H,4-5,7H2,1H3,(H,14,17). The molecule has 1 amide bonds. The van der Waals surface area contributed by atoms with Crippen LogP contribution >= 0.6 is 11.6 Å². The van der Waals surface area contributed by atoms with Crippen LogP contribution in [-0.4, -0.2) is 42.3 Å². The number of aliphatic hydroxyl groups excluding tert-OH is 1. The Labute approximate surface area is 120 Å². The molecule has 7 nitrogen and oxygen atoms in total. The fraction of sp³-hybridized carbons (Fsp3) is 0.417. The number of aliphatic hydroxyl groups is 1. The van der Waals surface area contributed by atoms with E-state index in [0.717, 1.165) is 6.07 Å². The molecule has 0 heterocycles. The third kappa shape index (κ3) is 4.44. The summed E-state index contributed by atoms with van der Waals surface area (Å²) in [5, 5.41) is 22.6. The number of hydrogen-bond donors (Lipinski definition) is 2. The highest BCUT2D eigenvalue weighted by Gasteiger charge is 2.22. The van der Waals surface area contributed by atoms with Crippen LogP contribution in [0, 0.1) is 10.1 Å². The first-order valence-electron chi connectivity index (χ1n) is 5.84. The van der Waals surface area contributed by atoms with E-state index in [4.69, 9.17) is 21.4 Å². The van der Waals surface area contributed by atoms with E-state index in [2.05, 4.69) is 5.32 Å². The Bertz CT molecular complexity index is 489. The van der Waals surface area contributed by atoms with Crippen molar-refractivity contribution in [1.29, 1.82) is 0 Å². The first-order valence-corrected chi connectivity index (χ1v) is 6.22. The van der Waals surface area contributed by atoms with E-state index in [1.807, 2.05) is 0 Å². The second kappa shape index (κ2) is 7.78. The molecule has 0 aliphatic heterocycles. The third-order valence-electron chi connectivity index (χ3n) is 2.58. The van der Waals surface area contributed by atoms with Crippen molar-refractivity contribution in [2.45, 2.75) is 12.5 Å². The topological polar surface area (TPSA) is 102 Å². The Morgan fingerprint density at radius 3 is 2.85 bits per heavy atom. The first kappa shape index (κ1) is 16.4. The van der Waals surface area contributed by atoms with Crippen LogP contribution in [0.3, 0.4) is 0 Å². The molecule has 0 saturated carbocycles. The molecule has 2 N–H and O–H groups in total. The number of nitrogens with zero attached hydrogens (tertiary/aromatic N) is 1. The average Bonchev–Trinajstić information content (AvgIpc) is 2.38. The number of rotatable bonds is 7. The summed E-state index contributed by atoms with van der Waals surface area (Å²) in [6.07, 6.45) is 0.293. The number of carbonyl (C=O) groups excluding carboxylic acids is 1. The fourth-order valence-corrected chi connectivity index (χ4v) is 1.83. The number of nitro benzene ring substituents is 1. The molecule has 20 heavy (non-hydrogen) atoms. The molecule has 0 aliphatic rings. The van der Waals surface area contributed by atoms with Crippen molar-refractivity contribution in [3.05, 3.63) is 38.9 Å². The lowest BCUT2D eigenvalue weighted by atomic mass is 10.1. The molecule has 0 saturated heterocycles. The van der Waals surface area contributed by atoms with E-state index >= 15 is 0 Å². The molecule has 8 heteroatoms. The smallest absolute Gasteiger partial charge is 0.283 e. The van der Waals surface area contributed by atoms with Crippen LogP contribution in [0.1, 0.15) is 16.8 Å². The number of nitro groups is 1. The van der Waals surface area contributed by atoms with Crippen LogP contribution in [0.15, 0.2) is 18.2 Å². The highest BCUT2D eigenvalue weighted by atomic mass is 35.5. The van der Waals surface area contributed by atoms with E-state index in [-0.39, 0.29) is 29.5 Å². The molecular formula is C12H15ClN2O5. The largest absolute Gasteiger partial charge is 0.396 e. The van der Waals surface area contributed by atoms with Gasteiger partial charge in [0, 0.05) is 24.8 Å². The second-order valence-electron chi connectivity index (χ2n) is 4.06. The maximum atomic E-state index is 12.0. The summed E-state index contributed by atoms with van der Waals surface area (Å²) in [5.74, 6) is -0.608. The van der Waals surface area contributed by atoms with Gasteiger partial charge in [0.1, 0.15) is 5.56 Å². The summed E-state index contributed by atoms with van der Waals surface area (Å²) >= 11 is 5.68. The predicted molar refractivity (Wildman–Crippen MR) is 72.9 cm³/mol. The van der Waals surface area contributed by atoms with Gasteiger partial charge in [-0.05, 0) is 18.6 Å². The molecule has 0 aromatic heterocycles. The van der Waals surface area contributed by atoms with Crippen molar-refractivity contribution >= 4 is 23.2 Å². The molecule has 1 unspecified atom stereocenters. The molecule has 0 bridgehead atoms. The van der Waals surface area contributed by atoms with Gasteiger partial charge in [0.15, 0.2) is 0 Å². The highest BCUT2D eigenvalue weighted by Crippen LogP contribution is 2.23. The van der Waals surface area contributed by atoms with Gasteiger partial charge in [-0.3, -0.25) is 14.9 Å². The number of amides is 1. The maximum Gasteiger partial charge on any atom is 0.283 e. The van der Waals surface area contributed by atoms with Gasteiger partial charge in [-0.25, -0.2) is 0 Å². The van der Waals surface area contributed by atoms with Gasteiger partial charge < -0.3 is 15.2 Å². The Balaban J connectivity index is 2.93. The lowest BCUT2D eigenvalue weighted by Gasteiger charge is -2.16. The Morgan fingerprint density at radius 1 is 1.60 bits per heavy atom. The van der Waals surface area contributed by atoms with Gasteiger partial charge in [-0.1, -0.05) is 11.6 Å². The van der Waals surface area contributed by atoms with Crippen LogP contribution in [0.25, 0.3) is 0 Å². The van der Waals surface area contributed by atoms with Crippen molar-refractivity contribution in [3.63, 3.8) is 0 Å². The SMILES string of the molecule is COCC(CCO)NC(=O)c1ccc(Cl)cc1[N+](=O)[O-]. The Morgan fingerprint density at radius 2 is 2.30 bits per heavy atom. The zero-order valence-electron chi connectivity index (χ0n) is 10.8. The van der Waals surface area contributed by atoms with Crippen LogP contribution in [0.5, 0.6) is 0 Å². The molecule has 0 radical (unpaired) electrons. The van der Waals surface area contributed by atoms with Crippen molar-refractivity contribution in [2.75, 3.05) is 20.3 Å². The zero-order chi connectivity index (χ0) is 15.1. The number of hydrogen-bond acceptors (Lipinski definition) is 5. The molecular weight excluding hydrogens is 288 g/mol. The second-order valence-corrected chi connectivity index (χ2v) is 4.49. The molecule has 1 atom stereocenters. The summed E-state index contributed by atoms with van der Waals surface area (Å²) < 4.78 is 4.91. The van der Waals surface area contributed by atoms with Crippen molar-refractivity contribution in [1.82, 2.24) is 5.32 Å². The summed E-state index contributed by atoms with van der Waals surface area (Å²) in [7, 11) is 1.46.